The Balaban J connectivity index is 1.40. The summed E-state index contributed by atoms with van der Waals surface area (Å²) in [5, 5.41) is 4.28. The van der Waals surface area contributed by atoms with Crippen LogP contribution in [0.3, 0.4) is 0 Å². The van der Waals surface area contributed by atoms with Crippen LogP contribution in [0.4, 0.5) is 0 Å². The summed E-state index contributed by atoms with van der Waals surface area (Å²) in [4.78, 5) is 19.5. The summed E-state index contributed by atoms with van der Waals surface area (Å²) in [5.74, 6) is 1.12. The van der Waals surface area contributed by atoms with Gasteiger partial charge in [-0.1, -0.05) is 12.1 Å². The average molecular weight is 363 g/mol. The Morgan fingerprint density at radius 3 is 3.07 bits per heavy atom. The minimum Gasteiger partial charge on any atom is -0.468 e. The predicted molar refractivity (Wildman–Crippen MR) is 105 cm³/mol. The Bertz CT molecular complexity index is 920. The highest BCUT2D eigenvalue weighted by Crippen LogP contribution is 2.22. The molecular weight excluding hydrogens is 338 g/mol. The van der Waals surface area contributed by atoms with Crippen molar-refractivity contribution >= 4 is 16.8 Å². The van der Waals surface area contributed by atoms with Crippen LogP contribution in [0.25, 0.3) is 10.9 Å². The van der Waals surface area contributed by atoms with E-state index in [1.165, 1.54) is 5.56 Å². The normalized spacial score (nSPS) is 17.9. The zero-order valence-electron chi connectivity index (χ0n) is 15.6. The molecule has 3 heterocycles. The van der Waals surface area contributed by atoms with Crippen LogP contribution < -0.4 is 5.32 Å². The first kappa shape index (κ1) is 17.7. The van der Waals surface area contributed by atoms with E-state index in [0.29, 0.717) is 6.54 Å². The van der Waals surface area contributed by atoms with Crippen LogP contribution in [-0.2, 0) is 17.9 Å². The van der Waals surface area contributed by atoms with Gasteiger partial charge in [-0.15, -0.1) is 0 Å². The van der Waals surface area contributed by atoms with Crippen molar-refractivity contribution < 1.29 is 9.21 Å². The molecule has 3 aromatic rings. The molecule has 140 valence electrons. The van der Waals surface area contributed by atoms with E-state index in [1.807, 2.05) is 24.3 Å². The molecule has 2 aromatic heterocycles. The molecule has 4 rings (SSSR count). The maximum Gasteiger partial charge on any atom is 0.224 e. The van der Waals surface area contributed by atoms with Gasteiger partial charge in [0.05, 0.1) is 24.2 Å². The number of nitrogens with zero attached hydrogens (tertiary/aromatic N) is 2. The van der Waals surface area contributed by atoms with Crippen LogP contribution in [0.15, 0.2) is 53.3 Å². The fourth-order valence-corrected chi connectivity index (χ4v) is 3.91. The lowest BCUT2D eigenvalue weighted by Crippen LogP contribution is -2.42. The second-order valence-electron chi connectivity index (χ2n) is 7.30. The van der Waals surface area contributed by atoms with Crippen molar-refractivity contribution in [1.82, 2.24) is 15.2 Å². The lowest BCUT2D eigenvalue weighted by Gasteiger charge is -2.31. The number of aromatic nitrogens is 1. The van der Waals surface area contributed by atoms with E-state index >= 15 is 0 Å². The summed E-state index contributed by atoms with van der Waals surface area (Å²) < 4.78 is 5.44. The number of aryl methyl sites for hydroxylation is 1. The van der Waals surface area contributed by atoms with Crippen LogP contribution in [-0.4, -0.2) is 28.9 Å². The van der Waals surface area contributed by atoms with Gasteiger partial charge in [0, 0.05) is 24.7 Å². The van der Waals surface area contributed by atoms with Crippen molar-refractivity contribution in [2.45, 2.75) is 32.9 Å². The molecule has 1 aromatic carbocycles. The number of hydrogen-bond acceptors (Lipinski definition) is 4. The van der Waals surface area contributed by atoms with Crippen molar-refractivity contribution in [2.24, 2.45) is 5.92 Å². The largest absolute Gasteiger partial charge is 0.468 e. The van der Waals surface area contributed by atoms with Crippen LogP contribution >= 0.6 is 0 Å². The van der Waals surface area contributed by atoms with Gasteiger partial charge in [-0.3, -0.25) is 14.7 Å². The number of fused-ring (bicyclic) bond motifs is 1. The number of carbonyl (C=O) groups excluding carboxylic acids is 1. The number of amides is 1. The lowest BCUT2D eigenvalue weighted by atomic mass is 9.96. The van der Waals surface area contributed by atoms with Gasteiger partial charge in [0.1, 0.15) is 5.76 Å². The van der Waals surface area contributed by atoms with Gasteiger partial charge in [0.2, 0.25) is 5.91 Å². The number of nitrogens with one attached hydrogen (secondary N) is 1. The zero-order valence-corrected chi connectivity index (χ0v) is 15.6. The highest BCUT2D eigenvalue weighted by Gasteiger charge is 2.26. The van der Waals surface area contributed by atoms with Crippen LogP contribution in [0, 0.1) is 12.8 Å². The monoisotopic (exact) mass is 363 g/mol. The Kier molecular flexibility index (Phi) is 5.21. The van der Waals surface area contributed by atoms with Crippen molar-refractivity contribution in [3.8, 4) is 0 Å². The third kappa shape index (κ3) is 4.03. The molecule has 27 heavy (non-hydrogen) atoms. The molecule has 1 saturated heterocycles. The second-order valence-corrected chi connectivity index (χ2v) is 7.30. The predicted octanol–water partition coefficient (Wildman–Crippen LogP) is 3.66. The number of pyridine rings is 1. The van der Waals surface area contributed by atoms with E-state index in [-0.39, 0.29) is 11.8 Å². The molecule has 0 unspecified atom stereocenters. The molecule has 0 aliphatic carbocycles. The van der Waals surface area contributed by atoms with Gasteiger partial charge in [-0.2, -0.15) is 0 Å². The molecular formula is C22H25N3O2. The average Bonchev–Trinajstić information content (AvgIpc) is 3.20. The van der Waals surface area contributed by atoms with E-state index in [2.05, 4.69) is 34.3 Å². The summed E-state index contributed by atoms with van der Waals surface area (Å²) in [5.41, 5.74) is 3.30. The molecule has 1 amide bonds. The molecule has 1 fully saturated rings. The zero-order chi connectivity index (χ0) is 18.6. The van der Waals surface area contributed by atoms with Crippen molar-refractivity contribution in [1.29, 1.82) is 0 Å². The standard InChI is InChI=1S/C22H25N3O2/c1-16-8-9-21-19(7-2-10-23-21)20(16)13-24-22(26)17-5-3-11-25(14-17)15-18-6-4-12-27-18/h2,4,6-10,12,17H,3,5,11,13-15H2,1H3,(H,24,26)/t17-/m0/s1. The fraction of sp³-hybridized carbons (Fsp3) is 0.364. The number of carbonyl (C=O) groups is 1. The summed E-state index contributed by atoms with van der Waals surface area (Å²) in [6.45, 7) is 5.19. The van der Waals surface area contributed by atoms with E-state index in [9.17, 15) is 4.79 Å². The van der Waals surface area contributed by atoms with Gasteiger partial charge in [-0.25, -0.2) is 0 Å². The first-order valence-corrected chi connectivity index (χ1v) is 9.56. The van der Waals surface area contributed by atoms with Crippen LogP contribution in [0.5, 0.6) is 0 Å². The third-order valence-corrected chi connectivity index (χ3v) is 5.41. The molecule has 1 aliphatic heterocycles. The van der Waals surface area contributed by atoms with E-state index in [1.54, 1.807) is 12.5 Å². The second kappa shape index (κ2) is 7.92. The lowest BCUT2D eigenvalue weighted by molar-refractivity contribution is -0.127. The van der Waals surface area contributed by atoms with Crippen molar-refractivity contribution in [3.63, 3.8) is 0 Å². The molecule has 5 nitrogen and oxygen atoms in total. The number of likely N-dealkylation sites (tertiary alicyclic amines) is 1. The molecule has 1 N–H and O–H groups in total. The summed E-state index contributed by atoms with van der Waals surface area (Å²) in [6.07, 6.45) is 5.48. The Morgan fingerprint density at radius 1 is 1.30 bits per heavy atom. The minimum absolute atomic E-state index is 0.0297. The number of hydrogen-bond donors (Lipinski definition) is 1. The van der Waals surface area contributed by atoms with Crippen LogP contribution in [0.1, 0.15) is 29.7 Å². The van der Waals surface area contributed by atoms with Gasteiger partial charge in [0.25, 0.3) is 0 Å². The first-order valence-electron chi connectivity index (χ1n) is 9.56. The Hall–Kier alpha value is -2.66. The van der Waals surface area contributed by atoms with Gasteiger partial charge in [-0.05, 0) is 61.7 Å². The molecule has 1 atom stereocenters. The van der Waals surface area contributed by atoms with Gasteiger partial charge < -0.3 is 9.73 Å². The number of rotatable bonds is 5. The quantitative estimate of drug-likeness (QED) is 0.751. The SMILES string of the molecule is Cc1ccc2ncccc2c1CNC(=O)[C@H]1CCCN(Cc2ccco2)C1. The van der Waals surface area contributed by atoms with Gasteiger partial charge in [0.15, 0.2) is 0 Å². The summed E-state index contributed by atoms with van der Waals surface area (Å²) in [7, 11) is 0. The molecule has 0 bridgehead atoms. The Labute approximate surface area is 159 Å². The van der Waals surface area contributed by atoms with Crippen molar-refractivity contribution in [3.05, 3.63) is 65.7 Å². The van der Waals surface area contributed by atoms with E-state index < -0.39 is 0 Å². The third-order valence-electron chi connectivity index (χ3n) is 5.41. The minimum atomic E-state index is 0.0297. The topological polar surface area (TPSA) is 58.4 Å². The van der Waals surface area contributed by atoms with Crippen LogP contribution in [0.2, 0.25) is 0 Å². The van der Waals surface area contributed by atoms with E-state index in [0.717, 1.165) is 54.7 Å². The maximum atomic E-state index is 12.8. The highest BCUT2D eigenvalue weighted by atomic mass is 16.3. The van der Waals surface area contributed by atoms with E-state index in [4.69, 9.17) is 4.42 Å². The molecule has 0 radical (unpaired) electrons. The highest BCUT2D eigenvalue weighted by molar-refractivity contribution is 5.84. The summed E-state index contributed by atoms with van der Waals surface area (Å²) in [6, 6.07) is 12.0. The fourth-order valence-electron chi connectivity index (χ4n) is 3.91. The number of benzene rings is 1. The molecule has 0 spiro atoms. The molecule has 0 saturated carbocycles. The molecule has 1 aliphatic rings. The number of piperidine rings is 1. The Morgan fingerprint density at radius 2 is 2.22 bits per heavy atom. The first-order chi connectivity index (χ1) is 13.2. The summed E-state index contributed by atoms with van der Waals surface area (Å²) >= 11 is 0. The number of furan rings is 1. The van der Waals surface area contributed by atoms with Crippen molar-refractivity contribution in [2.75, 3.05) is 13.1 Å². The molecule has 5 heteroatoms. The van der Waals surface area contributed by atoms with Gasteiger partial charge >= 0.3 is 0 Å². The maximum absolute atomic E-state index is 12.8. The smallest absolute Gasteiger partial charge is 0.224 e.